The van der Waals surface area contributed by atoms with Crippen LogP contribution in [0.3, 0.4) is 0 Å². The fourth-order valence-electron chi connectivity index (χ4n) is 3.02. The maximum Gasteiger partial charge on any atom is 0.255 e. The van der Waals surface area contributed by atoms with Crippen molar-refractivity contribution < 1.29 is 4.79 Å². The standard InChI is InChI=1S/C23H26N4O2S/c1-15-20(14-21(28)25-18-10-12-19(13-11-18)27(3)4)22(29)26-23(24-15)30-16(2)17-8-6-5-7-9-17/h5-13,16H,14H2,1-4H3,(H,25,28)(H,24,26,29). The molecule has 0 fully saturated rings. The first kappa shape index (κ1) is 21.6. The zero-order chi connectivity index (χ0) is 21.7. The number of H-pyrrole nitrogens is 1. The number of aryl methyl sites for hydroxylation is 1. The highest BCUT2D eigenvalue weighted by molar-refractivity contribution is 7.99. The van der Waals surface area contributed by atoms with Crippen LogP contribution in [0, 0.1) is 6.92 Å². The first-order chi connectivity index (χ1) is 14.3. The van der Waals surface area contributed by atoms with Crippen molar-refractivity contribution in [2.45, 2.75) is 30.7 Å². The molecule has 3 rings (SSSR count). The number of rotatable bonds is 7. The largest absolute Gasteiger partial charge is 0.378 e. The number of carbonyl (C=O) groups excluding carboxylic acids is 1. The topological polar surface area (TPSA) is 78.1 Å². The molecule has 0 saturated carbocycles. The van der Waals surface area contributed by atoms with Gasteiger partial charge in [-0.05, 0) is 43.7 Å². The number of amides is 1. The van der Waals surface area contributed by atoms with Crippen molar-refractivity contribution in [3.05, 3.63) is 81.8 Å². The van der Waals surface area contributed by atoms with Crippen molar-refractivity contribution in [1.29, 1.82) is 0 Å². The summed E-state index contributed by atoms with van der Waals surface area (Å²) in [6.45, 7) is 3.83. The molecule has 3 aromatic rings. The van der Waals surface area contributed by atoms with E-state index in [2.05, 4.69) is 22.2 Å². The summed E-state index contributed by atoms with van der Waals surface area (Å²) in [7, 11) is 3.91. The van der Waals surface area contributed by atoms with E-state index in [-0.39, 0.29) is 23.1 Å². The summed E-state index contributed by atoms with van der Waals surface area (Å²) in [4.78, 5) is 34.4. The van der Waals surface area contributed by atoms with Crippen LogP contribution in [0.25, 0.3) is 0 Å². The third-order valence-electron chi connectivity index (χ3n) is 4.76. The average Bonchev–Trinajstić information content (AvgIpc) is 2.72. The van der Waals surface area contributed by atoms with Crippen molar-refractivity contribution in [2.75, 3.05) is 24.3 Å². The first-order valence-corrected chi connectivity index (χ1v) is 10.6. The highest BCUT2D eigenvalue weighted by Crippen LogP contribution is 2.32. The molecule has 0 radical (unpaired) electrons. The molecule has 0 aliphatic heterocycles. The number of thioether (sulfide) groups is 1. The van der Waals surface area contributed by atoms with Gasteiger partial charge in [0.1, 0.15) is 0 Å². The van der Waals surface area contributed by atoms with Gasteiger partial charge in [0.2, 0.25) is 5.91 Å². The van der Waals surface area contributed by atoms with Crippen LogP contribution in [0.2, 0.25) is 0 Å². The van der Waals surface area contributed by atoms with Gasteiger partial charge >= 0.3 is 0 Å². The number of aromatic nitrogens is 2. The molecular weight excluding hydrogens is 396 g/mol. The van der Waals surface area contributed by atoms with Crippen molar-refractivity contribution in [1.82, 2.24) is 9.97 Å². The quantitative estimate of drug-likeness (QED) is 0.441. The van der Waals surface area contributed by atoms with Crippen LogP contribution >= 0.6 is 11.8 Å². The summed E-state index contributed by atoms with van der Waals surface area (Å²) in [5.41, 5.74) is 3.57. The lowest BCUT2D eigenvalue weighted by molar-refractivity contribution is -0.115. The minimum atomic E-state index is -0.275. The summed E-state index contributed by atoms with van der Waals surface area (Å²) < 4.78 is 0. The normalized spacial score (nSPS) is 11.7. The van der Waals surface area contributed by atoms with Gasteiger partial charge < -0.3 is 15.2 Å². The van der Waals surface area contributed by atoms with E-state index in [1.807, 2.05) is 73.6 Å². The minimum absolute atomic E-state index is 0.0250. The average molecular weight is 423 g/mol. The van der Waals surface area contributed by atoms with Crippen LogP contribution in [-0.2, 0) is 11.2 Å². The molecule has 0 spiro atoms. The van der Waals surface area contributed by atoms with E-state index in [0.29, 0.717) is 22.1 Å². The first-order valence-electron chi connectivity index (χ1n) is 9.72. The Morgan fingerprint density at radius 1 is 1.13 bits per heavy atom. The van der Waals surface area contributed by atoms with Gasteiger partial charge in [0, 0.05) is 42.0 Å². The molecule has 7 heteroatoms. The number of nitrogens with zero attached hydrogens (tertiary/aromatic N) is 2. The lowest BCUT2D eigenvalue weighted by Gasteiger charge is -2.13. The van der Waals surface area contributed by atoms with E-state index in [1.165, 1.54) is 11.8 Å². The van der Waals surface area contributed by atoms with E-state index >= 15 is 0 Å². The van der Waals surface area contributed by atoms with Crippen molar-refractivity contribution >= 4 is 29.0 Å². The molecule has 1 heterocycles. The summed E-state index contributed by atoms with van der Waals surface area (Å²) >= 11 is 1.49. The summed E-state index contributed by atoms with van der Waals surface area (Å²) in [5.74, 6) is -0.249. The Kier molecular flexibility index (Phi) is 6.95. The molecule has 0 bridgehead atoms. The maximum atomic E-state index is 12.6. The van der Waals surface area contributed by atoms with Crippen LogP contribution in [0.4, 0.5) is 11.4 Å². The highest BCUT2D eigenvalue weighted by atomic mass is 32.2. The van der Waals surface area contributed by atoms with E-state index in [1.54, 1.807) is 6.92 Å². The Morgan fingerprint density at radius 2 is 1.80 bits per heavy atom. The molecule has 2 aromatic carbocycles. The molecule has 156 valence electrons. The molecule has 0 saturated heterocycles. The highest BCUT2D eigenvalue weighted by Gasteiger charge is 2.15. The number of carbonyl (C=O) groups is 1. The number of benzene rings is 2. The van der Waals surface area contributed by atoms with Crippen LogP contribution in [0.15, 0.2) is 64.5 Å². The maximum absolute atomic E-state index is 12.6. The summed E-state index contributed by atoms with van der Waals surface area (Å²) in [6.07, 6.45) is -0.0250. The molecule has 0 aliphatic carbocycles. The SMILES string of the molecule is Cc1nc(SC(C)c2ccccc2)[nH]c(=O)c1CC(=O)Nc1ccc(N(C)C)cc1. The Hall–Kier alpha value is -3.06. The van der Waals surface area contributed by atoms with Crippen LogP contribution in [-0.4, -0.2) is 30.0 Å². The number of hydrogen-bond acceptors (Lipinski definition) is 5. The minimum Gasteiger partial charge on any atom is -0.378 e. The molecule has 1 amide bonds. The fourth-order valence-corrected chi connectivity index (χ4v) is 3.99. The predicted molar refractivity (Wildman–Crippen MR) is 123 cm³/mol. The fraction of sp³-hybridized carbons (Fsp3) is 0.261. The molecule has 2 N–H and O–H groups in total. The Balaban J connectivity index is 1.67. The van der Waals surface area contributed by atoms with Crippen LogP contribution in [0.5, 0.6) is 0 Å². The zero-order valence-corrected chi connectivity index (χ0v) is 18.4. The molecule has 1 aromatic heterocycles. The molecule has 1 unspecified atom stereocenters. The van der Waals surface area contributed by atoms with E-state index in [9.17, 15) is 9.59 Å². The Labute approximate surface area is 180 Å². The predicted octanol–water partition coefficient (Wildman–Crippen LogP) is 4.18. The second kappa shape index (κ2) is 9.63. The monoisotopic (exact) mass is 422 g/mol. The smallest absolute Gasteiger partial charge is 0.255 e. The van der Waals surface area contributed by atoms with Gasteiger partial charge in [-0.1, -0.05) is 42.1 Å². The lowest BCUT2D eigenvalue weighted by Crippen LogP contribution is -2.24. The van der Waals surface area contributed by atoms with E-state index < -0.39 is 0 Å². The molecule has 6 nitrogen and oxygen atoms in total. The lowest BCUT2D eigenvalue weighted by atomic mass is 10.1. The van der Waals surface area contributed by atoms with Crippen LogP contribution < -0.4 is 15.8 Å². The molecule has 1 atom stereocenters. The number of aromatic amines is 1. The zero-order valence-electron chi connectivity index (χ0n) is 17.6. The number of anilines is 2. The van der Waals surface area contributed by atoms with Gasteiger partial charge in [-0.2, -0.15) is 0 Å². The Bertz CT molecular complexity index is 1060. The third kappa shape index (κ3) is 5.51. The van der Waals surface area contributed by atoms with Crippen molar-refractivity contribution in [2.24, 2.45) is 0 Å². The third-order valence-corrected chi connectivity index (χ3v) is 5.81. The number of hydrogen-bond donors (Lipinski definition) is 2. The van der Waals surface area contributed by atoms with Crippen molar-refractivity contribution in [3.8, 4) is 0 Å². The molecular formula is C23H26N4O2S. The summed E-state index contributed by atoms with van der Waals surface area (Å²) in [5, 5.41) is 3.54. The van der Waals surface area contributed by atoms with Crippen molar-refractivity contribution in [3.63, 3.8) is 0 Å². The molecule has 30 heavy (non-hydrogen) atoms. The van der Waals surface area contributed by atoms with Gasteiger partial charge in [-0.3, -0.25) is 9.59 Å². The van der Waals surface area contributed by atoms with Gasteiger partial charge in [0.15, 0.2) is 5.16 Å². The second-order valence-corrected chi connectivity index (χ2v) is 8.60. The van der Waals surface area contributed by atoms with Gasteiger partial charge in [0.05, 0.1) is 6.42 Å². The molecule has 0 aliphatic rings. The van der Waals surface area contributed by atoms with E-state index in [4.69, 9.17) is 0 Å². The summed E-state index contributed by atoms with van der Waals surface area (Å²) in [6, 6.07) is 17.6. The number of nitrogens with one attached hydrogen (secondary N) is 2. The van der Waals surface area contributed by atoms with Gasteiger partial charge in [0.25, 0.3) is 5.56 Å². The Morgan fingerprint density at radius 3 is 2.40 bits per heavy atom. The van der Waals surface area contributed by atoms with Gasteiger partial charge in [-0.15, -0.1) is 0 Å². The second-order valence-electron chi connectivity index (χ2n) is 7.27. The van der Waals surface area contributed by atoms with E-state index in [0.717, 1.165) is 11.3 Å². The van der Waals surface area contributed by atoms with Gasteiger partial charge in [-0.25, -0.2) is 4.98 Å². The van der Waals surface area contributed by atoms with Crippen LogP contribution in [0.1, 0.15) is 29.0 Å².